The Balaban J connectivity index is 2.33. The summed E-state index contributed by atoms with van der Waals surface area (Å²) in [7, 11) is 0. The molecule has 0 radical (unpaired) electrons. The number of furan rings is 1. The second kappa shape index (κ2) is 5.85. The maximum atomic E-state index is 12.1. The molecule has 1 aromatic heterocycles. The van der Waals surface area contributed by atoms with Crippen LogP contribution >= 0.6 is 44.1 Å². The Kier molecular flexibility index (Phi) is 4.38. The summed E-state index contributed by atoms with van der Waals surface area (Å²) in [5, 5.41) is 2.75. The molecular weight excluding hydrogens is 396 g/mol. The first-order valence-corrected chi connectivity index (χ1v) is 7.12. The van der Waals surface area contributed by atoms with E-state index in [1.165, 1.54) is 6.26 Å². The molecule has 0 spiro atoms. The summed E-state index contributed by atoms with van der Waals surface area (Å²) in [5.74, 6) is -0.309. The van der Waals surface area contributed by atoms with E-state index >= 15 is 0 Å². The normalized spacial score (nSPS) is 10.2. The number of nitrogens with two attached hydrogens (primary N) is 1. The van der Waals surface area contributed by atoms with Gasteiger partial charge in [0.15, 0.2) is 4.67 Å². The number of halogens is 2. The number of carbonyl (C=O) groups is 1. The number of anilines is 1. The van der Waals surface area contributed by atoms with Gasteiger partial charge in [-0.05, 0) is 40.2 Å². The lowest BCUT2D eigenvalue weighted by atomic mass is 10.1. The van der Waals surface area contributed by atoms with Crippen molar-refractivity contribution < 1.29 is 9.21 Å². The number of hydrogen-bond acceptors (Lipinski definition) is 3. The highest BCUT2D eigenvalue weighted by Crippen LogP contribution is 2.24. The molecule has 19 heavy (non-hydrogen) atoms. The SMILES string of the molecule is NC(=S)c1ccc(Br)cc1NC(=O)c1ccoc1Br. The smallest absolute Gasteiger partial charge is 0.260 e. The van der Waals surface area contributed by atoms with Crippen molar-refractivity contribution in [3.63, 3.8) is 0 Å². The van der Waals surface area contributed by atoms with Gasteiger partial charge in [-0.15, -0.1) is 0 Å². The summed E-state index contributed by atoms with van der Waals surface area (Å²) < 4.78 is 6.21. The molecule has 2 aromatic rings. The molecule has 98 valence electrons. The Labute approximate surface area is 131 Å². The summed E-state index contributed by atoms with van der Waals surface area (Å²) >= 11 is 11.4. The van der Waals surface area contributed by atoms with Crippen LogP contribution in [0.1, 0.15) is 15.9 Å². The fourth-order valence-corrected chi connectivity index (χ4v) is 2.44. The zero-order chi connectivity index (χ0) is 14.0. The molecule has 0 saturated heterocycles. The minimum Gasteiger partial charge on any atom is -0.457 e. The Morgan fingerprint density at radius 2 is 2.00 bits per heavy atom. The van der Waals surface area contributed by atoms with Crippen molar-refractivity contribution >= 4 is 60.7 Å². The van der Waals surface area contributed by atoms with Gasteiger partial charge in [0.05, 0.1) is 17.5 Å². The molecule has 4 nitrogen and oxygen atoms in total. The monoisotopic (exact) mass is 402 g/mol. The lowest BCUT2D eigenvalue weighted by Crippen LogP contribution is -2.17. The van der Waals surface area contributed by atoms with E-state index in [1.807, 2.05) is 0 Å². The van der Waals surface area contributed by atoms with Crippen molar-refractivity contribution in [3.8, 4) is 0 Å². The first-order valence-electron chi connectivity index (χ1n) is 5.12. The van der Waals surface area contributed by atoms with Crippen LogP contribution in [0, 0.1) is 0 Å². The van der Waals surface area contributed by atoms with E-state index in [2.05, 4.69) is 37.2 Å². The van der Waals surface area contributed by atoms with Crippen LogP contribution < -0.4 is 11.1 Å². The quantitative estimate of drug-likeness (QED) is 0.766. The fourth-order valence-electron chi connectivity index (χ4n) is 1.48. The third kappa shape index (κ3) is 3.23. The lowest BCUT2D eigenvalue weighted by Gasteiger charge is -2.10. The van der Waals surface area contributed by atoms with Crippen molar-refractivity contribution in [2.75, 3.05) is 5.32 Å². The molecule has 0 fully saturated rings. The van der Waals surface area contributed by atoms with Crippen LogP contribution in [0.25, 0.3) is 0 Å². The Morgan fingerprint density at radius 3 is 2.58 bits per heavy atom. The first kappa shape index (κ1) is 14.2. The van der Waals surface area contributed by atoms with Gasteiger partial charge in [-0.25, -0.2) is 0 Å². The van der Waals surface area contributed by atoms with Gasteiger partial charge in [0.25, 0.3) is 5.91 Å². The molecule has 1 aromatic carbocycles. The minimum absolute atomic E-state index is 0.217. The summed E-state index contributed by atoms with van der Waals surface area (Å²) in [6, 6.07) is 6.85. The molecule has 0 aliphatic carbocycles. The molecule has 0 aliphatic heterocycles. The Morgan fingerprint density at radius 1 is 1.26 bits per heavy atom. The van der Waals surface area contributed by atoms with E-state index in [-0.39, 0.29) is 10.9 Å². The number of benzene rings is 1. The molecule has 1 amide bonds. The Bertz CT molecular complexity index is 655. The molecule has 0 unspecified atom stereocenters. The molecule has 2 rings (SSSR count). The summed E-state index contributed by atoms with van der Waals surface area (Å²) in [5.41, 5.74) is 7.17. The molecule has 0 atom stereocenters. The average Bonchev–Trinajstić information content (AvgIpc) is 2.75. The van der Waals surface area contributed by atoms with E-state index in [9.17, 15) is 4.79 Å². The molecule has 3 N–H and O–H groups in total. The highest BCUT2D eigenvalue weighted by atomic mass is 79.9. The van der Waals surface area contributed by atoms with Crippen LogP contribution in [-0.4, -0.2) is 10.9 Å². The van der Waals surface area contributed by atoms with Crippen LogP contribution in [0.5, 0.6) is 0 Å². The van der Waals surface area contributed by atoms with Gasteiger partial charge >= 0.3 is 0 Å². The first-order chi connectivity index (χ1) is 8.99. The zero-order valence-electron chi connectivity index (χ0n) is 9.44. The van der Waals surface area contributed by atoms with Crippen LogP contribution in [0.3, 0.4) is 0 Å². The summed E-state index contributed by atoms with van der Waals surface area (Å²) in [6.45, 7) is 0. The minimum atomic E-state index is -0.309. The lowest BCUT2D eigenvalue weighted by molar-refractivity contribution is 0.102. The van der Waals surface area contributed by atoms with E-state index in [0.717, 1.165) is 4.47 Å². The predicted molar refractivity (Wildman–Crippen MR) is 84.4 cm³/mol. The molecule has 0 aliphatic rings. The van der Waals surface area contributed by atoms with Crippen LogP contribution in [0.2, 0.25) is 0 Å². The fraction of sp³-hybridized carbons (Fsp3) is 0. The number of thiocarbonyl (C=S) groups is 1. The maximum Gasteiger partial charge on any atom is 0.260 e. The number of carbonyl (C=O) groups excluding carboxylic acids is 1. The maximum absolute atomic E-state index is 12.1. The second-order valence-electron chi connectivity index (χ2n) is 3.62. The second-order valence-corrected chi connectivity index (χ2v) is 5.69. The third-order valence-electron chi connectivity index (χ3n) is 2.36. The standard InChI is InChI=1S/C12H8Br2N2O2S/c13-6-1-2-7(11(15)19)9(5-6)16-12(17)8-3-4-18-10(8)14/h1-5H,(H2,15,19)(H,16,17). The van der Waals surface area contributed by atoms with Crippen molar-refractivity contribution in [2.45, 2.75) is 0 Å². The number of nitrogens with one attached hydrogen (secondary N) is 1. The van der Waals surface area contributed by atoms with Gasteiger partial charge in [-0.3, -0.25) is 4.79 Å². The van der Waals surface area contributed by atoms with Gasteiger partial charge in [0, 0.05) is 10.0 Å². The summed E-state index contributed by atoms with van der Waals surface area (Å²) in [6.07, 6.45) is 1.42. The van der Waals surface area contributed by atoms with Crippen molar-refractivity contribution in [3.05, 3.63) is 50.8 Å². The average molecular weight is 404 g/mol. The molecule has 0 saturated carbocycles. The van der Waals surface area contributed by atoms with Gasteiger partial charge in [0.2, 0.25) is 0 Å². The summed E-state index contributed by atoms with van der Waals surface area (Å²) in [4.78, 5) is 12.3. The van der Waals surface area contributed by atoms with Gasteiger partial charge in [-0.1, -0.05) is 28.1 Å². The van der Waals surface area contributed by atoms with Crippen LogP contribution in [0.15, 0.2) is 44.1 Å². The van der Waals surface area contributed by atoms with Crippen LogP contribution in [0.4, 0.5) is 5.69 Å². The predicted octanol–water partition coefficient (Wildman–Crippen LogP) is 3.69. The molecular formula is C12H8Br2N2O2S. The highest BCUT2D eigenvalue weighted by Gasteiger charge is 2.15. The van der Waals surface area contributed by atoms with Gasteiger partial charge < -0.3 is 15.5 Å². The Hall–Kier alpha value is -1.18. The highest BCUT2D eigenvalue weighted by molar-refractivity contribution is 9.10. The van der Waals surface area contributed by atoms with E-state index in [1.54, 1.807) is 24.3 Å². The number of amides is 1. The van der Waals surface area contributed by atoms with Crippen molar-refractivity contribution in [1.29, 1.82) is 0 Å². The number of rotatable bonds is 3. The van der Waals surface area contributed by atoms with E-state index in [0.29, 0.717) is 21.5 Å². The topological polar surface area (TPSA) is 68.3 Å². The third-order valence-corrected chi connectivity index (χ3v) is 3.69. The van der Waals surface area contributed by atoms with Crippen molar-refractivity contribution in [2.24, 2.45) is 5.73 Å². The largest absolute Gasteiger partial charge is 0.457 e. The van der Waals surface area contributed by atoms with E-state index in [4.69, 9.17) is 22.4 Å². The number of hydrogen-bond donors (Lipinski definition) is 2. The van der Waals surface area contributed by atoms with Gasteiger partial charge in [-0.2, -0.15) is 0 Å². The van der Waals surface area contributed by atoms with Crippen LogP contribution in [-0.2, 0) is 0 Å². The molecule has 1 heterocycles. The van der Waals surface area contributed by atoms with Gasteiger partial charge in [0.1, 0.15) is 4.99 Å². The van der Waals surface area contributed by atoms with Crippen molar-refractivity contribution in [1.82, 2.24) is 0 Å². The molecule has 0 bridgehead atoms. The zero-order valence-corrected chi connectivity index (χ0v) is 13.4. The molecule has 7 heteroatoms. The van der Waals surface area contributed by atoms with E-state index < -0.39 is 0 Å².